The van der Waals surface area contributed by atoms with Gasteiger partial charge in [-0.2, -0.15) is 0 Å². The molecule has 3 rings (SSSR count). The first-order chi connectivity index (χ1) is 11.6. The Morgan fingerprint density at radius 2 is 2.33 bits per heavy atom. The van der Waals surface area contributed by atoms with Crippen molar-refractivity contribution in [1.29, 1.82) is 0 Å². The van der Waals surface area contributed by atoms with Gasteiger partial charge < -0.3 is 14.5 Å². The Morgan fingerprint density at radius 1 is 1.50 bits per heavy atom. The fourth-order valence-electron chi connectivity index (χ4n) is 2.52. The summed E-state index contributed by atoms with van der Waals surface area (Å²) in [5, 5.41) is 4.02. The number of morpholine rings is 1. The zero-order valence-corrected chi connectivity index (χ0v) is 14.8. The van der Waals surface area contributed by atoms with Crippen molar-refractivity contribution in [3.63, 3.8) is 0 Å². The monoisotopic (exact) mass is 348 g/mol. The van der Waals surface area contributed by atoms with E-state index in [9.17, 15) is 4.79 Å². The van der Waals surface area contributed by atoms with Crippen molar-refractivity contribution in [2.24, 2.45) is 0 Å². The van der Waals surface area contributed by atoms with Crippen LogP contribution in [0.25, 0.3) is 0 Å². The average Bonchev–Trinajstić information content (AvgIpc) is 3.10. The molecule has 1 aliphatic rings. The fraction of sp³-hybridized carbons (Fsp3) is 0.533. The van der Waals surface area contributed by atoms with E-state index in [1.165, 1.54) is 0 Å². The topological polar surface area (TPSA) is 84.3 Å². The van der Waals surface area contributed by atoms with E-state index >= 15 is 0 Å². The number of anilines is 1. The van der Waals surface area contributed by atoms with Crippen LogP contribution in [-0.2, 0) is 11.2 Å². The lowest BCUT2D eigenvalue weighted by atomic mass is 10.2. The van der Waals surface area contributed by atoms with E-state index in [0.29, 0.717) is 36.9 Å². The minimum Gasteiger partial charge on any atom is -0.368 e. The average molecular weight is 348 g/mol. The van der Waals surface area contributed by atoms with Gasteiger partial charge in [-0.1, -0.05) is 11.4 Å². The molecule has 2 aromatic rings. The Labute approximate surface area is 144 Å². The summed E-state index contributed by atoms with van der Waals surface area (Å²) >= 11 is 1.15. The lowest BCUT2D eigenvalue weighted by Crippen LogP contribution is -2.42. The van der Waals surface area contributed by atoms with Crippen LogP contribution in [0.1, 0.15) is 34.1 Å². The number of ether oxygens (including phenoxy) is 1. The summed E-state index contributed by atoms with van der Waals surface area (Å²) in [5.41, 5.74) is 1.54. The normalized spacial score (nSPS) is 17.8. The molecule has 3 heterocycles. The Hall–Kier alpha value is -2.13. The molecule has 128 valence electrons. The van der Waals surface area contributed by atoms with Gasteiger partial charge >= 0.3 is 0 Å². The molecule has 9 heteroatoms. The van der Waals surface area contributed by atoms with Crippen LogP contribution in [0.5, 0.6) is 0 Å². The van der Waals surface area contributed by atoms with E-state index in [2.05, 4.69) is 19.6 Å². The predicted molar refractivity (Wildman–Crippen MR) is 90.2 cm³/mol. The lowest BCUT2D eigenvalue weighted by Gasteiger charge is -2.32. The molecule has 0 unspecified atom stereocenters. The summed E-state index contributed by atoms with van der Waals surface area (Å²) in [5.74, 6) is 0.594. The molecule has 24 heavy (non-hydrogen) atoms. The van der Waals surface area contributed by atoms with Crippen LogP contribution >= 0.6 is 11.5 Å². The van der Waals surface area contributed by atoms with Crippen LogP contribution in [0, 0.1) is 0 Å². The molecule has 0 aromatic carbocycles. The van der Waals surface area contributed by atoms with Gasteiger partial charge in [0, 0.05) is 26.8 Å². The predicted octanol–water partition coefficient (Wildman–Crippen LogP) is 1.17. The summed E-state index contributed by atoms with van der Waals surface area (Å²) < 4.78 is 9.73. The third-order valence-electron chi connectivity index (χ3n) is 3.83. The van der Waals surface area contributed by atoms with E-state index in [0.717, 1.165) is 22.9 Å². The Morgan fingerprint density at radius 3 is 3.08 bits per heavy atom. The first kappa shape index (κ1) is 16.7. The maximum Gasteiger partial charge on any atom is 0.267 e. The van der Waals surface area contributed by atoms with Gasteiger partial charge in [0.2, 0.25) is 5.95 Å². The van der Waals surface area contributed by atoms with Crippen LogP contribution < -0.4 is 4.90 Å². The van der Waals surface area contributed by atoms with Crippen molar-refractivity contribution in [2.75, 3.05) is 38.7 Å². The molecule has 0 N–H and O–H groups in total. The van der Waals surface area contributed by atoms with Crippen molar-refractivity contribution in [3.05, 3.63) is 28.5 Å². The Balaban J connectivity index is 1.77. The van der Waals surface area contributed by atoms with Crippen molar-refractivity contribution in [2.45, 2.75) is 19.4 Å². The number of hydrogen-bond acceptors (Lipinski definition) is 8. The SMILES string of the molecule is CCc1nnsc1C(=O)N1CCO[C@H](c2ccnc(N(C)C)n2)C1. The quantitative estimate of drug-likeness (QED) is 0.820. The zero-order chi connectivity index (χ0) is 17.1. The highest BCUT2D eigenvalue weighted by Gasteiger charge is 2.29. The van der Waals surface area contributed by atoms with Crippen LogP contribution in [0.2, 0.25) is 0 Å². The summed E-state index contributed by atoms with van der Waals surface area (Å²) in [6, 6.07) is 1.83. The van der Waals surface area contributed by atoms with E-state index in [-0.39, 0.29) is 12.0 Å². The van der Waals surface area contributed by atoms with Crippen LogP contribution in [-0.4, -0.2) is 64.2 Å². The summed E-state index contributed by atoms with van der Waals surface area (Å²) in [7, 11) is 3.78. The minimum absolute atomic E-state index is 0.0305. The standard InChI is InChI=1S/C15H20N6O2S/c1-4-10-13(24-19-18-10)14(22)21-7-8-23-12(9-21)11-5-6-16-15(17-11)20(2)3/h5-6,12H,4,7-9H2,1-3H3/t12-/m0/s1. The molecule has 1 fully saturated rings. The Kier molecular flexibility index (Phi) is 5.00. The van der Waals surface area contributed by atoms with Gasteiger partial charge in [0.15, 0.2) is 0 Å². The molecule has 1 amide bonds. The molecule has 0 radical (unpaired) electrons. The lowest BCUT2D eigenvalue weighted by molar-refractivity contribution is -0.0246. The maximum absolute atomic E-state index is 12.8. The number of aryl methyl sites for hydroxylation is 1. The van der Waals surface area contributed by atoms with Gasteiger partial charge in [-0.3, -0.25) is 4.79 Å². The van der Waals surface area contributed by atoms with Gasteiger partial charge in [0.25, 0.3) is 5.91 Å². The summed E-state index contributed by atoms with van der Waals surface area (Å²) in [4.78, 5) is 25.7. The number of rotatable bonds is 4. The smallest absolute Gasteiger partial charge is 0.267 e. The van der Waals surface area contributed by atoms with E-state index < -0.39 is 0 Å². The van der Waals surface area contributed by atoms with Gasteiger partial charge in [-0.15, -0.1) is 5.10 Å². The van der Waals surface area contributed by atoms with Crippen molar-refractivity contribution in [3.8, 4) is 0 Å². The second-order valence-corrected chi connectivity index (χ2v) is 6.44. The first-order valence-electron chi connectivity index (χ1n) is 7.82. The second-order valence-electron chi connectivity index (χ2n) is 5.69. The van der Waals surface area contributed by atoms with Gasteiger partial charge in [-0.05, 0) is 24.0 Å². The molecule has 2 aromatic heterocycles. The molecular weight excluding hydrogens is 328 g/mol. The third kappa shape index (κ3) is 3.36. The van der Waals surface area contributed by atoms with Gasteiger partial charge in [0.05, 0.1) is 24.5 Å². The molecule has 1 saturated heterocycles. The number of carbonyl (C=O) groups is 1. The highest BCUT2D eigenvalue weighted by molar-refractivity contribution is 7.08. The minimum atomic E-state index is -0.254. The number of aromatic nitrogens is 4. The van der Waals surface area contributed by atoms with Crippen molar-refractivity contribution >= 4 is 23.4 Å². The Bertz CT molecular complexity index is 719. The molecule has 1 atom stereocenters. The highest BCUT2D eigenvalue weighted by atomic mass is 32.1. The first-order valence-corrected chi connectivity index (χ1v) is 8.59. The molecule has 0 aliphatic carbocycles. The van der Waals surface area contributed by atoms with Crippen LogP contribution in [0.4, 0.5) is 5.95 Å². The van der Waals surface area contributed by atoms with Gasteiger partial charge in [0.1, 0.15) is 11.0 Å². The zero-order valence-electron chi connectivity index (χ0n) is 14.0. The van der Waals surface area contributed by atoms with E-state index in [4.69, 9.17) is 4.74 Å². The molecule has 0 saturated carbocycles. The molecule has 0 spiro atoms. The number of hydrogen-bond donors (Lipinski definition) is 0. The van der Waals surface area contributed by atoms with Crippen LogP contribution in [0.15, 0.2) is 12.3 Å². The fourth-order valence-corrected chi connectivity index (χ4v) is 3.23. The highest BCUT2D eigenvalue weighted by Crippen LogP contribution is 2.24. The molecule has 0 bridgehead atoms. The van der Waals surface area contributed by atoms with E-state index in [1.807, 2.05) is 32.0 Å². The van der Waals surface area contributed by atoms with Gasteiger partial charge in [-0.25, -0.2) is 9.97 Å². The van der Waals surface area contributed by atoms with Crippen LogP contribution in [0.3, 0.4) is 0 Å². The molecule has 1 aliphatic heterocycles. The van der Waals surface area contributed by atoms with Crippen molar-refractivity contribution in [1.82, 2.24) is 24.5 Å². The third-order valence-corrected chi connectivity index (χ3v) is 4.59. The number of nitrogens with zero attached hydrogens (tertiary/aromatic N) is 6. The second kappa shape index (κ2) is 7.18. The number of carbonyl (C=O) groups excluding carboxylic acids is 1. The number of amides is 1. The van der Waals surface area contributed by atoms with Crippen molar-refractivity contribution < 1.29 is 9.53 Å². The van der Waals surface area contributed by atoms with E-state index in [1.54, 1.807) is 11.1 Å². The summed E-state index contributed by atoms with van der Waals surface area (Å²) in [6.07, 6.45) is 2.16. The summed E-state index contributed by atoms with van der Waals surface area (Å²) in [6.45, 7) is 3.47. The molecular formula is C15H20N6O2S. The molecule has 8 nitrogen and oxygen atoms in total. The largest absolute Gasteiger partial charge is 0.368 e. The maximum atomic E-state index is 12.8.